The zero-order chi connectivity index (χ0) is 24.4. The number of fused-ring (bicyclic) bond motifs is 1. The summed E-state index contributed by atoms with van der Waals surface area (Å²) in [6, 6.07) is 17.4. The van der Waals surface area contributed by atoms with Crippen LogP contribution in [0.5, 0.6) is 23.0 Å². The third-order valence-electron chi connectivity index (χ3n) is 5.99. The van der Waals surface area contributed by atoms with E-state index in [1.54, 1.807) is 39.1 Å². The molecular formula is C27H29N2O5+. The summed E-state index contributed by atoms with van der Waals surface area (Å²) in [4.78, 5) is 13.9. The van der Waals surface area contributed by atoms with Crippen molar-refractivity contribution >= 4 is 10.9 Å². The Hall–Kier alpha value is -4.00. The highest BCUT2D eigenvalue weighted by molar-refractivity contribution is 5.77. The van der Waals surface area contributed by atoms with Crippen molar-refractivity contribution in [3.8, 4) is 34.4 Å². The van der Waals surface area contributed by atoms with E-state index in [1.165, 1.54) is 0 Å². The molecule has 4 rings (SSSR count). The molecule has 0 bridgehead atoms. The molecule has 0 saturated heterocycles. The Morgan fingerprint density at radius 3 is 2.03 bits per heavy atom. The molecule has 4 aromatic rings. The van der Waals surface area contributed by atoms with Gasteiger partial charge in [0, 0.05) is 5.56 Å². The van der Waals surface area contributed by atoms with Gasteiger partial charge in [0.2, 0.25) is 5.75 Å². The lowest BCUT2D eigenvalue weighted by Gasteiger charge is -2.15. The van der Waals surface area contributed by atoms with Gasteiger partial charge in [-0.1, -0.05) is 17.7 Å². The number of benzene rings is 3. The smallest absolute Gasteiger partial charge is 0.345 e. The van der Waals surface area contributed by atoms with E-state index in [0.717, 1.165) is 28.0 Å². The Morgan fingerprint density at radius 1 is 0.824 bits per heavy atom. The number of nitrogens with zero attached hydrogens (tertiary/aromatic N) is 2. The van der Waals surface area contributed by atoms with E-state index < -0.39 is 0 Å². The Morgan fingerprint density at radius 2 is 1.47 bits per heavy atom. The van der Waals surface area contributed by atoms with Crippen LogP contribution in [0.3, 0.4) is 0 Å². The average molecular weight is 462 g/mol. The lowest BCUT2D eigenvalue weighted by atomic mass is 10.1. The topological polar surface area (TPSA) is 62.8 Å². The van der Waals surface area contributed by atoms with Crippen LogP contribution in [0.1, 0.15) is 11.1 Å². The first-order valence-corrected chi connectivity index (χ1v) is 10.9. The van der Waals surface area contributed by atoms with Crippen molar-refractivity contribution in [3.05, 3.63) is 76.1 Å². The zero-order valence-corrected chi connectivity index (χ0v) is 20.3. The largest absolute Gasteiger partial charge is 0.497 e. The summed E-state index contributed by atoms with van der Waals surface area (Å²) in [6.45, 7) is 2.35. The number of hydrogen-bond donors (Lipinski definition) is 0. The molecule has 7 heteroatoms. The van der Waals surface area contributed by atoms with Crippen molar-refractivity contribution in [2.24, 2.45) is 7.05 Å². The van der Waals surface area contributed by atoms with E-state index in [1.807, 2.05) is 67.1 Å². The SMILES string of the molecule is COc1ccc2c(c1)c(=O)n(Cc1cc(OC)c(OC)c(OC)c1)c(-c1ccc(C)cc1)[n+]2C. The van der Waals surface area contributed by atoms with E-state index in [-0.39, 0.29) is 5.56 Å². The number of aryl methyl sites for hydroxylation is 2. The summed E-state index contributed by atoms with van der Waals surface area (Å²) < 4.78 is 25.7. The molecule has 0 aliphatic heterocycles. The third kappa shape index (κ3) is 4.05. The minimum Gasteiger partial charge on any atom is -0.497 e. The van der Waals surface area contributed by atoms with Gasteiger partial charge >= 0.3 is 5.56 Å². The lowest BCUT2D eigenvalue weighted by molar-refractivity contribution is -0.637. The summed E-state index contributed by atoms with van der Waals surface area (Å²) in [5.41, 5.74) is 3.64. The zero-order valence-electron chi connectivity index (χ0n) is 20.3. The van der Waals surface area contributed by atoms with Crippen LogP contribution >= 0.6 is 0 Å². The van der Waals surface area contributed by atoms with Crippen LogP contribution in [0.25, 0.3) is 22.3 Å². The minimum atomic E-state index is -0.115. The molecule has 0 aliphatic rings. The predicted molar refractivity (Wildman–Crippen MR) is 131 cm³/mol. The number of hydrogen-bond acceptors (Lipinski definition) is 5. The quantitative estimate of drug-likeness (QED) is 0.391. The van der Waals surface area contributed by atoms with Gasteiger partial charge in [-0.05, 0) is 49.4 Å². The van der Waals surface area contributed by atoms with Crippen molar-refractivity contribution in [1.29, 1.82) is 0 Å². The second-order valence-corrected chi connectivity index (χ2v) is 8.06. The predicted octanol–water partition coefficient (Wildman–Crippen LogP) is 3.88. The summed E-state index contributed by atoms with van der Waals surface area (Å²) >= 11 is 0. The number of aromatic nitrogens is 2. The fourth-order valence-corrected chi connectivity index (χ4v) is 4.25. The molecule has 7 nitrogen and oxygen atoms in total. The van der Waals surface area contributed by atoms with Gasteiger partial charge in [0.25, 0.3) is 5.82 Å². The van der Waals surface area contributed by atoms with Gasteiger partial charge in [-0.3, -0.25) is 0 Å². The van der Waals surface area contributed by atoms with Gasteiger partial charge in [-0.2, -0.15) is 4.57 Å². The van der Waals surface area contributed by atoms with Crippen molar-refractivity contribution in [1.82, 2.24) is 4.57 Å². The molecule has 1 heterocycles. The fourth-order valence-electron chi connectivity index (χ4n) is 4.25. The Bertz CT molecular complexity index is 1380. The first-order chi connectivity index (χ1) is 16.4. The monoisotopic (exact) mass is 461 g/mol. The van der Waals surface area contributed by atoms with Crippen LogP contribution in [0.4, 0.5) is 0 Å². The first kappa shape index (κ1) is 23.2. The van der Waals surface area contributed by atoms with E-state index in [4.69, 9.17) is 18.9 Å². The van der Waals surface area contributed by atoms with Gasteiger partial charge in [0.05, 0.1) is 41.1 Å². The molecule has 0 spiro atoms. The van der Waals surface area contributed by atoms with E-state index in [9.17, 15) is 4.79 Å². The summed E-state index contributed by atoms with van der Waals surface area (Å²) in [5.74, 6) is 3.00. The maximum atomic E-state index is 13.9. The summed E-state index contributed by atoms with van der Waals surface area (Å²) in [6.07, 6.45) is 0. The minimum absolute atomic E-state index is 0.115. The van der Waals surface area contributed by atoms with E-state index in [0.29, 0.717) is 34.9 Å². The van der Waals surface area contributed by atoms with Crippen molar-refractivity contribution < 1.29 is 23.5 Å². The van der Waals surface area contributed by atoms with Crippen LogP contribution in [0.15, 0.2) is 59.4 Å². The van der Waals surface area contributed by atoms with Crippen molar-refractivity contribution in [2.45, 2.75) is 13.5 Å². The molecule has 0 radical (unpaired) electrons. The van der Waals surface area contributed by atoms with Crippen LogP contribution in [0, 0.1) is 6.92 Å². The van der Waals surface area contributed by atoms with Gasteiger partial charge < -0.3 is 18.9 Å². The second-order valence-electron chi connectivity index (χ2n) is 8.06. The first-order valence-electron chi connectivity index (χ1n) is 10.9. The fraction of sp³-hybridized carbons (Fsp3) is 0.259. The molecule has 0 atom stereocenters. The van der Waals surface area contributed by atoms with Crippen LogP contribution in [-0.4, -0.2) is 33.0 Å². The van der Waals surface area contributed by atoms with E-state index in [2.05, 4.69) is 0 Å². The van der Waals surface area contributed by atoms with Gasteiger partial charge in [0.15, 0.2) is 11.5 Å². The second kappa shape index (κ2) is 9.47. The maximum Gasteiger partial charge on any atom is 0.345 e. The molecule has 34 heavy (non-hydrogen) atoms. The molecule has 3 aromatic carbocycles. The van der Waals surface area contributed by atoms with Crippen molar-refractivity contribution in [3.63, 3.8) is 0 Å². The molecule has 176 valence electrons. The number of rotatable bonds is 7. The Balaban J connectivity index is 2.01. The van der Waals surface area contributed by atoms with Crippen LogP contribution in [-0.2, 0) is 13.6 Å². The molecule has 0 saturated carbocycles. The molecule has 0 aliphatic carbocycles. The summed E-state index contributed by atoms with van der Waals surface area (Å²) in [7, 11) is 8.28. The number of ether oxygens (including phenoxy) is 4. The standard InChI is InChI=1S/C27H29N2O5/c1-17-7-9-19(10-8-17)26-28(2)22-12-11-20(31-3)15-21(22)27(30)29(26)16-18-13-23(32-4)25(34-6)24(14-18)33-5/h7-15H,16H2,1-6H3/q+1. The third-order valence-corrected chi connectivity index (χ3v) is 5.99. The van der Waals surface area contributed by atoms with E-state index >= 15 is 0 Å². The highest BCUT2D eigenvalue weighted by Gasteiger charge is 2.25. The van der Waals surface area contributed by atoms with Gasteiger partial charge in [0.1, 0.15) is 23.2 Å². The van der Waals surface area contributed by atoms with Crippen LogP contribution in [0.2, 0.25) is 0 Å². The van der Waals surface area contributed by atoms with Gasteiger partial charge in [-0.25, -0.2) is 9.36 Å². The Kier molecular flexibility index (Phi) is 6.45. The number of methoxy groups -OCH3 is 4. The lowest BCUT2D eigenvalue weighted by Crippen LogP contribution is -2.41. The normalized spacial score (nSPS) is 10.9. The highest BCUT2D eigenvalue weighted by atomic mass is 16.5. The van der Waals surface area contributed by atoms with Crippen molar-refractivity contribution in [2.75, 3.05) is 28.4 Å². The van der Waals surface area contributed by atoms with Gasteiger partial charge in [-0.15, -0.1) is 0 Å². The molecule has 0 amide bonds. The molecule has 0 N–H and O–H groups in total. The van der Waals surface area contributed by atoms with Crippen LogP contribution < -0.4 is 29.1 Å². The Labute approximate surface area is 198 Å². The maximum absolute atomic E-state index is 13.9. The summed E-state index contributed by atoms with van der Waals surface area (Å²) in [5, 5.41) is 0.574. The average Bonchev–Trinajstić information content (AvgIpc) is 2.87. The molecule has 0 unspecified atom stereocenters. The highest BCUT2D eigenvalue weighted by Crippen LogP contribution is 2.38. The molecular weight excluding hydrogens is 432 g/mol. The molecule has 1 aromatic heterocycles. The molecule has 0 fully saturated rings.